The van der Waals surface area contributed by atoms with Crippen molar-refractivity contribution in [2.75, 3.05) is 26.0 Å². The molecule has 1 heterocycles. The molecule has 1 aromatic rings. The first-order chi connectivity index (χ1) is 9.09. The molecule has 3 atom stereocenters. The molecule has 0 bridgehead atoms. The number of rotatable bonds is 10. The predicted octanol–water partition coefficient (Wildman–Crippen LogP) is 1.37. The molecule has 1 rings (SSSR count). The van der Waals surface area contributed by atoms with Gasteiger partial charge in [0.05, 0.1) is 19.3 Å². The van der Waals surface area contributed by atoms with Gasteiger partial charge in [0.15, 0.2) is 0 Å². The van der Waals surface area contributed by atoms with Gasteiger partial charge < -0.3 is 15.2 Å². The summed E-state index contributed by atoms with van der Waals surface area (Å²) in [5.74, 6) is 0. The molecule has 0 saturated carbocycles. The summed E-state index contributed by atoms with van der Waals surface area (Å²) in [4.78, 5) is 1.17. The van der Waals surface area contributed by atoms with Crippen LogP contribution < -0.4 is 5.32 Å². The molecular formula is C13H23NO3S2. The number of aliphatic hydroxyl groups excluding tert-OH is 1. The fourth-order valence-electron chi connectivity index (χ4n) is 1.49. The number of thiophene rings is 1. The van der Waals surface area contributed by atoms with E-state index >= 15 is 0 Å². The Morgan fingerprint density at radius 3 is 3.00 bits per heavy atom. The second-order valence-corrected chi connectivity index (χ2v) is 7.38. The van der Waals surface area contributed by atoms with Crippen molar-refractivity contribution in [3.05, 3.63) is 22.4 Å². The lowest BCUT2D eigenvalue weighted by Gasteiger charge is -2.13. The fourth-order valence-corrected chi connectivity index (χ4v) is 2.58. The van der Waals surface area contributed by atoms with Crippen molar-refractivity contribution in [1.82, 2.24) is 5.32 Å². The largest absolute Gasteiger partial charge is 0.389 e. The summed E-state index contributed by atoms with van der Waals surface area (Å²) in [7, 11) is -0.773. The van der Waals surface area contributed by atoms with Gasteiger partial charge in [-0.25, -0.2) is 0 Å². The third-order valence-corrected chi connectivity index (χ3v) is 5.03. The minimum atomic E-state index is -0.773. The second kappa shape index (κ2) is 9.61. The molecule has 4 nitrogen and oxygen atoms in total. The summed E-state index contributed by atoms with van der Waals surface area (Å²) in [6.07, 6.45) is 2.08. The third kappa shape index (κ3) is 7.79. The molecule has 0 saturated heterocycles. The van der Waals surface area contributed by atoms with E-state index in [4.69, 9.17) is 4.74 Å². The fraction of sp³-hybridized carbons (Fsp3) is 0.692. The smallest absolute Gasteiger partial charge is 0.0897 e. The van der Waals surface area contributed by atoms with Crippen LogP contribution in [-0.2, 0) is 22.1 Å². The van der Waals surface area contributed by atoms with Gasteiger partial charge in [0, 0.05) is 33.7 Å². The number of hydrogen-bond donors (Lipinski definition) is 2. The van der Waals surface area contributed by atoms with Gasteiger partial charge in [0.25, 0.3) is 0 Å². The van der Waals surface area contributed by atoms with Gasteiger partial charge in [-0.2, -0.15) is 0 Å². The Bertz CT molecular complexity index is 357. The Labute approximate surface area is 121 Å². The molecule has 110 valence electrons. The first-order valence-electron chi connectivity index (χ1n) is 6.40. The average Bonchev–Trinajstić information content (AvgIpc) is 2.87. The highest BCUT2D eigenvalue weighted by Gasteiger charge is 2.07. The normalized spacial score (nSPS) is 16.2. The molecule has 3 unspecified atom stereocenters. The summed E-state index contributed by atoms with van der Waals surface area (Å²) in [5, 5.41) is 15.1. The average molecular weight is 305 g/mol. The Hall–Kier alpha value is -0.270. The molecule has 1 aromatic heterocycles. The third-order valence-electron chi connectivity index (χ3n) is 2.81. The van der Waals surface area contributed by atoms with Gasteiger partial charge in [0.1, 0.15) is 0 Å². The first-order valence-corrected chi connectivity index (χ1v) is 8.90. The molecule has 0 aliphatic rings. The summed E-state index contributed by atoms with van der Waals surface area (Å²) < 4.78 is 16.6. The van der Waals surface area contributed by atoms with E-state index in [1.54, 1.807) is 17.6 Å². The lowest BCUT2D eigenvalue weighted by molar-refractivity contribution is 0.0299. The Balaban J connectivity index is 1.99. The van der Waals surface area contributed by atoms with Gasteiger partial charge in [-0.05, 0) is 24.4 Å². The SMILES string of the molecule is CC(CCNCC(O)COCc1cccs1)S(C)=O. The molecule has 2 N–H and O–H groups in total. The van der Waals surface area contributed by atoms with Crippen LogP contribution in [0.5, 0.6) is 0 Å². The van der Waals surface area contributed by atoms with Gasteiger partial charge >= 0.3 is 0 Å². The molecule has 0 amide bonds. The molecule has 0 radical (unpaired) electrons. The van der Waals surface area contributed by atoms with Crippen molar-refractivity contribution in [2.24, 2.45) is 0 Å². The van der Waals surface area contributed by atoms with E-state index in [0.717, 1.165) is 13.0 Å². The minimum absolute atomic E-state index is 0.194. The van der Waals surface area contributed by atoms with Crippen molar-refractivity contribution in [1.29, 1.82) is 0 Å². The van der Waals surface area contributed by atoms with E-state index in [1.807, 2.05) is 24.4 Å². The minimum Gasteiger partial charge on any atom is -0.389 e. The van der Waals surface area contributed by atoms with Crippen molar-refractivity contribution in [2.45, 2.75) is 31.3 Å². The van der Waals surface area contributed by atoms with E-state index in [2.05, 4.69) is 5.32 Å². The number of nitrogens with one attached hydrogen (secondary N) is 1. The summed E-state index contributed by atoms with van der Waals surface area (Å²) >= 11 is 1.65. The van der Waals surface area contributed by atoms with Crippen LogP contribution in [0.2, 0.25) is 0 Å². The van der Waals surface area contributed by atoms with E-state index in [1.165, 1.54) is 4.88 Å². The topological polar surface area (TPSA) is 58.6 Å². The molecule has 19 heavy (non-hydrogen) atoms. The van der Waals surface area contributed by atoms with Crippen LogP contribution in [0.1, 0.15) is 18.2 Å². The molecular weight excluding hydrogens is 282 g/mol. The van der Waals surface area contributed by atoms with Gasteiger partial charge in [-0.3, -0.25) is 4.21 Å². The molecule has 0 aliphatic carbocycles. The number of hydrogen-bond acceptors (Lipinski definition) is 5. The van der Waals surface area contributed by atoms with Crippen molar-refractivity contribution in [3.63, 3.8) is 0 Å². The van der Waals surface area contributed by atoms with Crippen LogP contribution in [-0.4, -0.2) is 46.6 Å². The maximum Gasteiger partial charge on any atom is 0.0897 e. The van der Waals surface area contributed by atoms with Crippen molar-refractivity contribution >= 4 is 22.1 Å². The molecule has 0 aliphatic heterocycles. The maximum absolute atomic E-state index is 11.1. The molecule has 0 aromatic carbocycles. The Morgan fingerprint density at radius 2 is 2.37 bits per heavy atom. The van der Waals surface area contributed by atoms with Crippen molar-refractivity contribution < 1.29 is 14.1 Å². The summed E-state index contributed by atoms with van der Waals surface area (Å²) in [6.45, 7) is 4.13. The van der Waals surface area contributed by atoms with E-state index in [0.29, 0.717) is 19.8 Å². The number of aliphatic hydroxyl groups is 1. The zero-order valence-electron chi connectivity index (χ0n) is 11.5. The molecule has 0 spiro atoms. The highest BCUT2D eigenvalue weighted by molar-refractivity contribution is 7.84. The van der Waals surface area contributed by atoms with E-state index in [9.17, 15) is 9.32 Å². The Morgan fingerprint density at radius 1 is 1.58 bits per heavy atom. The van der Waals surface area contributed by atoms with E-state index < -0.39 is 16.9 Å². The van der Waals surface area contributed by atoms with Crippen LogP contribution in [0.25, 0.3) is 0 Å². The highest BCUT2D eigenvalue weighted by Crippen LogP contribution is 2.09. The zero-order valence-corrected chi connectivity index (χ0v) is 13.1. The van der Waals surface area contributed by atoms with E-state index in [-0.39, 0.29) is 5.25 Å². The maximum atomic E-state index is 11.1. The summed E-state index contributed by atoms with van der Waals surface area (Å²) in [5.41, 5.74) is 0. The second-order valence-electron chi connectivity index (χ2n) is 4.55. The quantitative estimate of drug-likeness (QED) is 0.641. The molecule has 0 fully saturated rings. The van der Waals surface area contributed by atoms with Crippen molar-refractivity contribution in [3.8, 4) is 0 Å². The van der Waals surface area contributed by atoms with Gasteiger partial charge in [-0.1, -0.05) is 13.0 Å². The Kier molecular flexibility index (Phi) is 8.48. The number of ether oxygens (including phenoxy) is 1. The van der Waals surface area contributed by atoms with Crippen LogP contribution in [0, 0.1) is 0 Å². The zero-order chi connectivity index (χ0) is 14.1. The monoisotopic (exact) mass is 305 g/mol. The standard InChI is InChI=1S/C13H23NO3S2/c1-11(19(2)16)5-6-14-8-12(15)9-17-10-13-4-3-7-18-13/h3-4,7,11-12,14-15H,5-6,8-10H2,1-2H3. The van der Waals surface area contributed by atoms with Crippen LogP contribution in [0.15, 0.2) is 17.5 Å². The molecule has 6 heteroatoms. The first kappa shape index (κ1) is 16.8. The van der Waals surface area contributed by atoms with Crippen LogP contribution in [0.3, 0.4) is 0 Å². The van der Waals surface area contributed by atoms with Gasteiger partial charge in [-0.15, -0.1) is 11.3 Å². The highest BCUT2D eigenvalue weighted by atomic mass is 32.2. The van der Waals surface area contributed by atoms with Crippen LogP contribution >= 0.6 is 11.3 Å². The lowest BCUT2D eigenvalue weighted by Crippen LogP contribution is -2.32. The lowest BCUT2D eigenvalue weighted by atomic mass is 10.3. The van der Waals surface area contributed by atoms with Crippen LogP contribution in [0.4, 0.5) is 0 Å². The summed E-state index contributed by atoms with van der Waals surface area (Å²) in [6, 6.07) is 4.00. The predicted molar refractivity (Wildman–Crippen MR) is 81.0 cm³/mol. The van der Waals surface area contributed by atoms with Gasteiger partial charge in [0.2, 0.25) is 0 Å².